The molecule has 1 aromatic heterocycles. The fraction of sp³-hybridized carbons (Fsp3) is 0.474. The molecule has 1 aliphatic heterocycles. The first-order valence-electron chi connectivity index (χ1n) is 8.64. The summed E-state index contributed by atoms with van der Waals surface area (Å²) in [4.78, 5) is 12.5. The maximum atomic E-state index is 12.5. The lowest BCUT2D eigenvalue weighted by molar-refractivity contribution is -0.117. The molecule has 0 unspecified atom stereocenters. The summed E-state index contributed by atoms with van der Waals surface area (Å²) in [5, 5.41) is 7.44. The topological polar surface area (TPSA) is 81.1 Å². The SMILES string of the molecule is Cc1ccc(-n2nc3c(c2NC(=O)CC(C)(C)C)CS(=O)(=O)C3)c(C)c1. The number of fused-ring (bicyclic) bond motifs is 1. The van der Waals surface area contributed by atoms with Gasteiger partial charge in [-0.3, -0.25) is 4.79 Å². The smallest absolute Gasteiger partial charge is 0.226 e. The second-order valence-corrected chi connectivity index (χ2v) is 10.4. The predicted octanol–water partition coefficient (Wildman–Crippen LogP) is 3.29. The molecule has 2 aromatic rings. The molecule has 0 atom stereocenters. The van der Waals surface area contributed by atoms with Gasteiger partial charge in [0, 0.05) is 12.0 Å². The first kappa shape index (κ1) is 18.6. The highest BCUT2D eigenvalue weighted by atomic mass is 32.2. The Bertz CT molecular complexity index is 982. The molecule has 0 saturated heterocycles. The molecular formula is C19H25N3O3S. The number of rotatable bonds is 3. The first-order chi connectivity index (χ1) is 12.0. The number of carbonyl (C=O) groups excluding carboxylic acids is 1. The highest BCUT2D eigenvalue weighted by Crippen LogP contribution is 2.34. The summed E-state index contributed by atoms with van der Waals surface area (Å²) < 4.78 is 25.7. The number of amides is 1. The molecule has 0 spiro atoms. The molecule has 6 nitrogen and oxygen atoms in total. The number of sulfone groups is 1. The lowest BCUT2D eigenvalue weighted by Gasteiger charge is -2.18. The van der Waals surface area contributed by atoms with Gasteiger partial charge in [-0.25, -0.2) is 13.1 Å². The van der Waals surface area contributed by atoms with Crippen molar-refractivity contribution < 1.29 is 13.2 Å². The maximum absolute atomic E-state index is 12.5. The molecule has 0 saturated carbocycles. The molecule has 1 amide bonds. The molecular weight excluding hydrogens is 350 g/mol. The van der Waals surface area contributed by atoms with E-state index in [1.54, 1.807) is 4.68 Å². The summed E-state index contributed by atoms with van der Waals surface area (Å²) in [7, 11) is -3.20. The van der Waals surface area contributed by atoms with Crippen LogP contribution in [-0.2, 0) is 26.1 Å². The number of nitrogens with zero attached hydrogens (tertiary/aromatic N) is 2. The van der Waals surface area contributed by atoms with Gasteiger partial charge in [-0.1, -0.05) is 38.5 Å². The second kappa shape index (κ2) is 6.23. The first-order valence-corrected chi connectivity index (χ1v) is 10.5. The summed E-state index contributed by atoms with van der Waals surface area (Å²) in [6.07, 6.45) is 0.340. The molecule has 0 aliphatic carbocycles. The van der Waals surface area contributed by atoms with Gasteiger partial charge in [0.05, 0.1) is 22.9 Å². The highest BCUT2D eigenvalue weighted by Gasteiger charge is 2.33. The van der Waals surface area contributed by atoms with Gasteiger partial charge in [0.15, 0.2) is 9.84 Å². The van der Waals surface area contributed by atoms with E-state index in [-0.39, 0.29) is 22.8 Å². The quantitative estimate of drug-likeness (QED) is 0.892. The fourth-order valence-corrected chi connectivity index (χ4v) is 4.74. The van der Waals surface area contributed by atoms with Crippen LogP contribution in [0.4, 0.5) is 5.82 Å². The van der Waals surface area contributed by atoms with Crippen LogP contribution in [0.3, 0.4) is 0 Å². The summed E-state index contributed by atoms with van der Waals surface area (Å²) in [5.74, 6) is 0.165. The van der Waals surface area contributed by atoms with E-state index in [0.29, 0.717) is 23.5 Å². The minimum Gasteiger partial charge on any atom is -0.310 e. The zero-order chi connectivity index (χ0) is 19.3. The zero-order valence-corrected chi connectivity index (χ0v) is 16.7. The summed E-state index contributed by atoms with van der Waals surface area (Å²) in [6.45, 7) is 9.96. The number of carbonyl (C=O) groups is 1. The Morgan fingerprint density at radius 3 is 2.54 bits per heavy atom. The van der Waals surface area contributed by atoms with Crippen molar-refractivity contribution in [3.8, 4) is 5.69 Å². The Morgan fingerprint density at radius 1 is 1.23 bits per heavy atom. The van der Waals surface area contributed by atoms with Crippen molar-refractivity contribution in [3.05, 3.63) is 40.6 Å². The van der Waals surface area contributed by atoms with Crippen LogP contribution in [0.5, 0.6) is 0 Å². The standard InChI is InChI=1S/C19H25N3O3S/c1-12-6-7-16(13(2)8-12)22-18(20-17(23)9-19(3,4)5)14-10-26(24,25)11-15(14)21-22/h6-8H,9-11H2,1-5H3,(H,20,23). The number of hydrogen-bond donors (Lipinski definition) is 1. The molecule has 1 aromatic carbocycles. The number of aromatic nitrogens is 2. The van der Waals surface area contributed by atoms with Crippen molar-refractivity contribution in [2.75, 3.05) is 5.32 Å². The van der Waals surface area contributed by atoms with E-state index in [4.69, 9.17) is 0 Å². The summed E-state index contributed by atoms with van der Waals surface area (Å²) in [5.41, 5.74) is 3.95. The molecule has 0 bridgehead atoms. The number of nitrogens with one attached hydrogen (secondary N) is 1. The third-order valence-corrected chi connectivity index (χ3v) is 5.76. The van der Waals surface area contributed by atoms with Crippen molar-refractivity contribution in [2.45, 2.75) is 52.5 Å². The molecule has 2 heterocycles. The van der Waals surface area contributed by atoms with E-state index in [2.05, 4.69) is 10.4 Å². The minimum absolute atomic E-state index is 0.0810. The Morgan fingerprint density at radius 2 is 1.92 bits per heavy atom. The number of aryl methyl sites for hydroxylation is 2. The van der Waals surface area contributed by atoms with Crippen molar-refractivity contribution in [3.63, 3.8) is 0 Å². The molecule has 7 heteroatoms. The van der Waals surface area contributed by atoms with Crippen molar-refractivity contribution in [1.82, 2.24) is 9.78 Å². The fourth-order valence-electron chi connectivity index (χ4n) is 3.25. The molecule has 140 valence electrons. The summed E-state index contributed by atoms with van der Waals surface area (Å²) >= 11 is 0. The van der Waals surface area contributed by atoms with Gasteiger partial charge in [-0.2, -0.15) is 5.10 Å². The number of benzene rings is 1. The van der Waals surface area contributed by atoms with E-state index < -0.39 is 9.84 Å². The van der Waals surface area contributed by atoms with Crippen LogP contribution in [0.2, 0.25) is 0 Å². The lowest BCUT2D eigenvalue weighted by atomic mass is 9.92. The van der Waals surface area contributed by atoms with Crippen LogP contribution in [-0.4, -0.2) is 24.1 Å². The van der Waals surface area contributed by atoms with Crippen LogP contribution in [0, 0.1) is 19.3 Å². The van der Waals surface area contributed by atoms with Crippen LogP contribution in [0.15, 0.2) is 18.2 Å². The molecule has 0 fully saturated rings. The van der Waals surface area contributed by atoms with E-state index in [0.717, 1.165) is 16.8 Å². The Labute approximate surface area is 154 Å². The van der Waals surface area contributed by atoms with Gasteiger partial charge in [0.2, 0.25) is 5.91 Å². The van der Waals surface area contributed by atoms with E-state index in [1.807, 2.05) is 52.8 Å². The third kappa shape index (κ3) is 3.82. The van der Waals surface area contributed by atoms with Crippen LogP contribution in [0.25, 0.3) is 5.69 Å². The Hall–Kier alpha value is -2.15. The molecule has 1 N–H and O–H groups in total. The number of hydrogen-bond acceptors (Lipinski definition) is 4. The summed E-state index contributed by atoms with van der Waals surface area (Å²) in [6, 6.07) is 5.97. The molecule has 0 radical (unpaired) electrons. The van der Waals surface area contributed by atoms with Gasteiger partial charge in [0.1, 0.15) is 5.82 Å². The molecule has 1 aliphatic rings. The normalized spacial score (nSPS) is 15.7. The Balaban J connectivity index is 2.07. The lowest BCUT2D eigenvalue weighted by Crippen LogP contribution is -2.22. The van der Waals surface area contributed by atoms with Gasteiger partial charge in [0.25, 0.3) is 0 Å². The maximum Gasteiger partial charge on any atom is 0.226 e. The van der Waals surface area contributed by atoms with Crippen molar-refractivity contribution in [1.29, 1.82) is 0 Å². The third-order valence-electron chi connectivity index (χ3n) is 4.32. The van der Waals surface area contributed by atoms with Crippen LogP contribution >= 0.6 is 0 Å². The van der Waals surface area contributed by atoms with Crippen LogP contribution in [0.1, 0.15) is 49.6 Å². The average Bonchev–Trinajstić information content (AvgIpc) is 2.90. The minimum atomic E-state index is -3.20. The Kier molecular flexibility index (Phi) is 4.46. The van der Waals surface area contributed by atoms with Crippen molar-refractivity contribution in [2.24, 2.45) is 5.41 Å². The zero-order valence-electron chi connectivity index (χ0n) is 15.9. The van der Waals surface area contributed by atoms with E-state index >= 15 is 0 Å². The molecule has 3 rings (SSSR count). The second-order valence-electron chi connectivity index (χ2n) is 8.29. The average molecular weight is 375 g/mol. The largest absolute Gasteiger partial charge is 0.310 e. The monoisotopic (exact) mass is 375 g/mol. The van der Waals surface area contributed by atoms with Crippen LogP contribution < -0.4 is 5.32 Å². The van der Waals surface area contributed by atoms with Gasteiger partial charge in [-0.15, -0.1) is 0 Å². The molecule has 26 heavy (non-hydrogen) atoms. The van der Waals surface area contributed by atoms with E-state index in [1.165, 1.54) is 0 Å². The highest BCUT2D eigenvalue weighted by molar-refractivity contribution is 7.90. The van der Waals surface area contributed by atoms with Crippen molar-refractivity contribution >= 4 is 21.6 Å². The number of anilines is 1. The van der Waals surface area contributed by atoms with Gasteiger partial charge >= 0.3 is 0 Å². The predicted molar refractivity (Wildman–Crippen MR) is 102 cm³/mol. The van der Waals surface area contributed by atoms with Gasteiger partial charge < -0.3 is 5.32 Å². The van der Waals surface area contributed by atoms with Gasteiger partial charge in [-0.05, 0) is 30.9 Å². The van der Waals surface area contributed by atoms with E-state index in [9.17, 15) is 13.2 Å².